The Kier molecular flexibility index (Phi) is 11.3. The number of Topliss-reactive ketones (excluding diaryl/α,β-unsaturated/α-hetero) is 1. The summed E-state index contributed by atoms with van der Waals surface area (Å²) >= 11 is 0. The third kappa shape index (κ3) is 9.67. The fourth-order valence-electron chi connectivity index (χ4n) is 7.10. The van der Waals surface area contributed by atoms with Gasteiger partial charge in [-0.3, -0.25) is 19.2 Å². The van der Waals surface area contributed by atoms with E-state index in [1.54, 1.807) is 26.3 Å². The Morgan fingerprint density at radius 2 is 1.77 bits per heavy atom. The van der Waals surface area contributed by atoms with E-state index in [1.165, 1.54) is 4.90 Å². The van der Waals surface area contributed by atoms with E-state index in [0.29, 0.717) is 37.3 Å². The minimum atomic E-state index is -4.40. The number of ether oxygens (including phenoxy) is 3. The molecule has 0 bridgehead atoms. The number of nitrogens with one attached hydrogen (secondary N) is 1. The summed E-state index contributed by atoms with van der Waals surface area (Å²) in [4.78, 5) is 61.7. The average molecular weight is 758 g/mol. The van der Waals surface area contributed by atoms with Crippen LogP contribution in [0.1, 0.15) is 100 Å². The molecule has 13 nitrogen and oxygen atoms in total. The lowest BCUT2D eigenvalue weighted by atomic mass is 9.77. The van der Waals surface area contributed by atoms with Crippen LogP contribution in [0.5, 0.6) is 11.6 Å². The highest BCUT2D eigenvalue weighted by atomic mass is 32.2. The van der Waals surface area contributed by atoms with Crippen molar-refractivity contribution in [3.05, 3.63) is 30.5 Å². The van der Waals surface area contributed by atoms with E-state index in [9.17, 15) is 27.6 Å². The molecule has 0 radical (unpaired) electrons. The highest BCUT2D eigenvalue weighted by molar-refractivity contribution is 7.85. The quantitative estimate of drug-likeness (QED) is 0.227. The molecule has 14 heteroatoms. The number of carbonyl (C=O) groups excluding carboxylic acids is 4. The Hall–Kier alpha value is -3.78. The molecule has 53 heavy (non-hydrogen) atoms. The van der Waals surface area contributed by atoms with Crippen LogP contribution in [0.3, 0.4) is 0 Å². The number of pyridine rings is 1. The Morgan fingerprint density at radius 3 is 2.36 bits per heavy atom. The van der Waals surface area contributed by atoms with Crippen molar-refractivity contribution in [2.45, 2.75) is 118 Å². The zero-order valence-electron chi connectivity index (χ0n) is 32.4. The van der Waals surface area contributed by atoms with Gasteiger partial charge in [0.2, 0.25) is 17.7 Å². The number of ketones is 1. The van der Waals surface area contributed by atoms with Crippen molar-refractivity contribution in [2.75, 3.05) is 20.3 Å². The predicted molar refractivity (Wildman–Crippen MR) is 197 cm³/mol. The van der Waals surface area contributed by atoms with Crippen molar-refractivity contribution in [3.8, 4) is 11.6 Å². The number of likely N-dealkylation sites (tertiary alicyclic amines) is 1. The molecule has 0 spiro atoms. The molecule has 2 aromatic rings. The standard InChI is InChI=1S/C39H55N3O10S/c1-10-25-20-39(25,35(46)41-53(47,48)52-38(8)14-15-38)21-31(43)30-18-27(51-33-28-12-11-26(49-9)17-24(28)13-16-40-33)22-42(30)34(45)29(37(5,6)7)19-32(44)50-23-36(2,3)4/h11-13,16-17,25,27,29-30H,10,14-15,18-23H2,1-9H3,(H,41,46)/t25-,27-,29-,30+,39-/m1/s1. The van der Waals surface area contributed by atoms with E-state index < -0.39 is 62.6 Å². The Labute approximate surface area is 313 Å². The molecule has 2 aliphatic carbocycles. The Morgan fingerprint density at radius 1 is 1.08 bits per heavy atom. The zero-order chi connectivity index (χ0) is 39.1. The number of nitrogens with zero attached hydrogens (tertiary/aromatic N) is 2. The van der Waals surface area contributed by atoms with Gasteiger partial charge in [0.1, 0.15) is 11.9 Å². The highest BCUT2D eigenvalue weighted by Gasteiger charge is 2.62. The third-order valence-corrected chi connectivity index (χ3v) is 11.7. The second-order valence-electron chi connectivity index (χ2n) is 17.6. The van der Waals surface area contributed by atoms with E-state index in [0.717, 1.165) is 10.8 Å². The lowest BCUT2D eigenvalue weighted by Crippen LogP contribution is -2.48. The fourth-order valence-corrected chi connectivity index (χ4v) is 8.27. The zero-order valence-corrected chi connectivity index (χ0v) is 33.3. The number of benzene rings is 1. The maximum Gasteiger partial charge on any atom is 0.362 e. The van der Waals surface area contributed by atoms with Crippen LogP contribution in [-0.2, 0) is 38.4 Å². The van der Waals surface area contributed by atoms with Crippen LogP contribution in [0, 0.1) is 28.1 Å². The molecular formula is C39H55N3O10S. The first-order valence-corrected chi connectivity index (χ1v) is 19.9. The van der Waals surface area contributed by atoms with Crippen molar-refractivity contribution >= 4 is 44.6 Å². The molecule has 2 amide bonds. The van der Waals surface area contributed by atoms with Crippen LogP contribution < -0.4 is 14.2 Å². The van der Waals surface area contributed by atoms with Crippen LogP contribution in [0.2, 0.25) is 0 Å². The molecule has 5 atom stereocenters. The van der Waals surface area contributed by atoms with Gasteiger partial charge in [0.15, 0.2) is 5.78 Å². The van der Waals surface area contributed by atoms with E-state index in [4.69, 9.17) is 18.4 Å². The van der Waals surface area contributed by atoms with Crippen LogP contribution in [0.4, 0.5) is 0 Å². The summed E-state index contributed by atoms with van der Waals surface area (Å²) < 4.78 is 50.3. The smallest absolute Gasteiger partial charge is 0.362 e. The van der Waals surface area contributed by atoms with E-state index in [-0.39, 0.29) is 49.5 Å². The third-order valence-electron chi connectivity index (χ3n) is 10.7. The minimum Gasteiger partial charge on any atom is -0.497 e. The lowest BCUT2D eigenvalue weighted by molar-refractivity contribution is -0.154. The van der Waals surface area contributed by atoms with Crippen LogP contribution in [0.25, 0.3) is 10.8 Å². The number of amides is 2. The number of hydrogen-bond acceptors (Lipinski definition) is 11. The number of fused-ring (bicyclic) bond motifs is 1. The van der Waals surface area contributed by atoms with Crippen molar-refractivity contribution < 1.29 is 46.0 Å². The van der Waals surface area contributed by atoms with E-state index in [2.05, 4.69) is 9.71 Å². The molecule has 1 aromatic heterocycles. The van der Waals surface area contributed by atoms with Crippen molar-refractivity contribution in [3.63, 3.8) is 0 Å². The fraction of sp³-hybridized carbons (Fsp3) is 0.667. The van der Waals surface area contributed by atoms with Gasteiger partial charge in [0.05, 0.1) is 49.7 Å². The molecular weight excluding hydrogens is 703 g/mol. The first-order chi connectivity index (χ1) is 24.6. The predicted octanol–water partition coefficient (Wildman–Crippen LogP) is 5.54. The average Bonchev–Trinajstić information content (AvgIpc) is 3.93. The maximum absolute atomic E-state index is 14.6. The number of methoxy groups -OCH3 is 1. The van der Waals surface area contributed by atoms with E-state index >= 15 is 0 Å². The first kappa shape index (κ1) is 40.4. The Balaban J connectivity index is 1.42. The summed E-state index contributed by atoms with van der Waals surface area (Å²) in [5, 5.41) is 1.55. The first-order valence-electron chi connectivity index (χ1n) is 18.4. The molecule has 0 unspecified atom stereocenters. The summed E-state index contributed by atoms with van der Waals surface area (Å²) in [5.41, 5.74) is -3.05. The van der Waals surface area contributed by atoms with Gasteiger partial charge in [0, 0.05) is 24.4 Å². The molecule has 2 saturated carbocycles. The van der Waals surface area contributed by atoms with Gasteiger partial charge >= 0.3 is 16.3 Å². The van der Waals surface area contributed by atoms with Crippen LogP contribution >= 0.6 is 0 Å². The van der Waals surface area contributed by atoms with Gasteiger partial charge in [-0.15, -0.1) is 0 Å². The monoisotopic (exact) mass is 757 g/mol. The summed E-state index contributed by atoms with van der Waals surface area (Å²) in [6, 6.07) is 6.31. The summed E-state index contributed by atoms with van der Waals surface area (Å²) in [6.07, 6.45) is 2.60. The number of esters is 1. The number of hydrogen-bond donors (Lipinski definition) is 1. The topological polar surface area (TPSA) is 168 Å². The van der Waals surface area contributed by atoms with E-state index in [1.807, 2.05) is 66.7 Å². The van der Waals surface area contributed by atoms with Gasteiger partial charge in [0.25, 0.3) is 0 Å². The van der Waals surface area contributed by atoms with Gasteiger partial charge in [-0.2, -0.15) is 8.42 Å². The number of aromatic nitrogens is 1. The molecule has 3 aliphatic rings. The molecule has 2 heterocycles. The van der Waals surface area contributed by atoms with Crippen molar-refractivity contribution in [1.29, 1.82) is 0 Å². The summed E-state index contributed by atoms with van der Waals surface area (Å²) in [5.74, 6) is -2.16. The molecule has 1 aromatic carbocycles. The number of carbonyl (C=O) groups is 4. The molecule has 3 fully saturated rings. The molecule has 1 aliphatic heterocycles. The number of rotatable bonds is 15. The SMILES string of the molecule is CC[C@@H]1C[C@]1(CC(=O)[C@@H]1C[C@@H](Oc2nccc3cc(OC)ccc23)CN1C(=O)[C@@H](CC(=O)OCC(C)(C)C)C(C)(C)C)C(=O)NS(=O)(=O)OC1(C)CC1. The van der Waals surface area contributed by atoms with Gasteiger partial charge in [-0.25, -0.2) is 13.9 Å². The molecule has 292 valence electrons. The van der Waals surface area contributed by atoms with Crippen LogP contribution in [-0.4, -0.2) is 79.9 Å². The van der Waals surface area contributed by atoms with Gasteiger partial charge in [-0.05, 0) is 72.6 Å². The van der Waals surface area contributed by atoms with Crippen molar-refractivity contribution in [1.82, 2.24) is 14.6 Å². The molecule has 1 saturated heterocycles. The van der Waals surface area contributed by atoms with Crippen LogP contribution in [0.15, 0.2) is 30.5 Å². The molecule has 1 N–H and O–H groups in total. The van der Waals surface area contributed by atoms with Gasteiger partial charge < -0.3 is 19.1 Å². The maximum atomic E-state index is 14.6. The second-order valence-corrected chi connectivity index (χ2v) is 18.8. The lowest BCUT2D eigenvalue weighted by Gasteiger charge is -2.35. The Bertz CT molecular complexity index is 1850. The minimum absolute atomic E-state index is 0.0320. The van der Waals surface area contributed by atoms with Crippen molar-refractivity contribution in [2.24, 2.45) is 28.1 Å². The highest BCUT2D eigenvalue weighted by Crippen LogP contribution is 2.58. The van der Waals surface area contributed by atoms with Gasteiger partial charge in [-0.1, -0.05) is 54.9 Å². The molecule has 5 rings (SSSR count). The largest absolute Gasteiger partial charge is 0.497 e. The second kappa shape index (κ2) is 14.8. The normalized spacial score (nSPS) is 24.3. The summed E-state index contributed by atoms with van der Waals surface area (Å²) in [6.45, 7) is 15.2. The summed E-state index contributed by atoms with van der Waals surface area (Å²) in [7, 11) is -2.82.